The molecular formula is C30H35N5O2S. The normalized spacial score (nSPS) is 16.0. The first-order chi connectivity index (χ1) is 18.6. The van der Waals surface area contributed by atoms with Gasteiger partial charge in [0.1, 0.15) is 5.75 Å². The van der Waals surface area contributed by atoms with Crippen LogP contribution in [0.5, 0.6) is 5.75 Å². The third-order valence-corrected chi connectivity index (χ3v) is 8.05. The van der Waals surface area contributed by atoms with E-state index in [2.05, 4.69) is 62.4 Å². The van der Waals surface area contributed by atoms with E-state index in [1.54, 1.807) is 7.11 Å². The van der Waals surface area contributed by atoms with Crippen molar-refractivity contribution in [3.8, 4) is 16.9 Å². The number of fused-ring (bicyclic) bond motifs is 1. The molecule has 8 heteroatoms. The topological polar surface area (TPSA) is 83.1 Å². The zero-order valence-electron chi connectivity index (χ0n) is 22.1. The van der Waals surface area contributed by atoms with Crippen LogP contribution >= 0.6 is 11.8 Å². The lowest BCUT2D eigenvalue weighted by Crippen LogP contribution is -2.40. The van der Waals surface area contributed by atoms with Crippen LogP contribution in [-0.2, 0) is 17.8 Å². The summed E-state index contributed by atoms with van der Waals surface area (Å²) in [4.78, 5) is 27.3. The van der Waals surface area contributed by atoms with Crippen molar-refractivity contribution in [1.29, 1.82) is 0 Å². The number of hydrogen-bond donors (Lipinski definition) is 2. The molecule has 0 radical (unpaired) electrons. The highest BCUT2D eigenvalue weighted by atomic mass is 32.2. The minimum atomic E-state index is 0.0275. The van der Waals surface area contributed by atoms with E-state index in [0.29, 0.717) is 23.4 Å². The van der Waals surface area contributed by atoms with Gasteiger partial charge in [-0.2, -0.15) is 0 Å². The lowest BCUT2D eigenvalue weighted by Gasteiger charge is -2.32. The Labute approximate surface area is 228 Å². The van der Waals surface area contributed by atoms with Gasteiger partial charge < -0.3 is 15.0 Å². The maximum Gasteiger partial charge on any atom is 0.230 e. The van der Waals surface area contributed by atoms with Crippen LogP contribution in [0.15, 0.2) is 66.2 Å². The van der Waals surface area contributed by atoms with Crippen LogP contribution in [0.4, 0.5) is 0 Å². The maximum atomic E-state index is 12.5. The molecule has 1 aliphatic heterocycles. The molecule has 1 aliphatic rings. The highest BCUT2D eigenvalue weighted by Crippen LogP contribution is 2.27. The number of carbonyl (C=O) groups excluding carboxylic acids is 1. The van der Waals surface area contributed by atoms with E-state index in [1.165, 1.54) is 28.2 Å². The van der Waals surface area contributed by atoms with Crippen LogP contribution in [0.25, 0.3) is 22.0 Å². The highest BCUT2D eigenvalue weighted by Gasteiger charge is 2.21. The van der Waals surface area contributed by atoms with Crippen molar-refractivity contribution in [2.24, 2.45) is 5.92 Å². The van der Waals surface area contributed by atoms with Crippen molar-refractivity contribution in [1.82, 2.24) is 25.2 Å². The Balaban J connectivity index is 1.07. The summed E-state index contributed by atoms with van der Waals surface area (Å²) < 4.78 is 5.42. The molecule has 0 bridgehead atoms. The van der Waals surface area contributed by atoms with Crippen molar-refractivity contribution in [2.75, 3.05) is 32.5 Å². The van der Waals surface area contributed by atoms with Gasteiger partial charge in [0.15, 0.2) is 5.16 Å². The molecule has 2 aromatic heterocycles. The number of aromatic amines is 1. The number of thioether (sulfide) groups is 1. The molecule has 1 unspecified atom stereocenters. The predicted octanol–water partition coefficient (Wildman–Crippen LogP) is 5.32. The zero-order valence-corrected chi connectivity index (χ0v) is 22.9. The number of likely N-dealkylation sites (tertiary alicyclic amines) is 1. The van der Waals surface area contributed by atoms with E-state index < -0.39 is 0 Å². The van der Waals surface area contributed by atoms with Crippen molar-refractivity contribution < 1.29 is 9.53 Å². The smallest absolute Gasteiger partial charge is 0.230 e. The maximum absolute atomic E-state index is 12.5. The summed E-state index contributed by atoms with van der Waals surface area (Å²) in [5, 5.41) is 4.98. The molecule has 4 aromatic rings. The highest BCUT2D eigenvalue weighted by molar-refractivity contribution is 7.99. The number of H-pyrrole nitrogens is 1. The minimum Gasteiger partial charge on any atom is -0.496 e. The number of piperidine rings is 1. The van der Waals surface area contributed by atoms with Crippen LogP contribution in [-0.4, -0.2) is 58.3 Å². The van der Waals surface area contributed by atoms with Crippen LogP contribution in [0.1, 0.15) is 30.9 Å². The Morgan fingerprint density at radius 3 is 2.84 bits per heavy atom. The van der Waals surface area contributed by atoms with Crippen molar-refractivity contribution in [3.63, 3.8) is 0 Å². The van der Waals surface area contributed by atoms with E-state index in [9.17, 15) is 4.79 Å². The van der Waals surface area contributed by atoms with E-state index in [-0.39, 0.29) is 5.91 Å². The van der Waals surface area contributed by atoms with Gasteiger partial charge >= 0.3 is 0 Å². The third-order valence-electron chi connectivity index (χ3n) is 7.17. The molecule has 5 rings (SSSR count). The van der Waals surface area contributed by atoms with Gasteiger partial charge in [-0.15, -0.1) is 0 Å². The molecule has 0 spiro atoms. The molecule has 2 N–H and O–H groups in total. The van der Waals surface area contributed by atoms with Gasteiger partial charge in [0.25, 0.3) is 0 Å². The van der Waals surface area contributed by atoms with E-state index in [1.807, 2.05) is 30.7 Å². The third kappa shape index (κ3) is 6.55. The Morgan fingerprint density at radius 2 is 2.03 bits per heavy atom. The van der Waals surface area contributed by atoms with Crippen LogP contribution in [0, 0.1) is 5.92 Å². The fourth-order valence-electron chi connectivity index (χ4n) is 5.13. The first-order valence-electron chi connectivity index (χ1n) is 13.3. The molecule has 7 nitrogen and oxygen atoms in total. The number of aromatic nitrogens is 3. The largest absolute Gasteiger partial charge is 0.496 e. The summed E-state index contributed by atoms with van der Waals surface area (Å²) in [6.45, 7) is 5.87. The van der Waals surface area contributed by atoms with Gasteiger partial charge in [0.05, 0.1) is 12.9 Å². The van der Waals surface area contributed by atoms with Crippen molar-refractivity contribution >= 4 is 28.6 Å². The molecule has 1 atom stereocenters. The zero-order chi connectivity index (χ0) is 26.3. The number of benzene rings is 2. The molecule has 1 saturated heterocycles. The lowest BCUT2D eigenvalue weighted by atomic mass is 9.97. The number of carbonyl (C=O) groups is 1. The number of amides is 1. The molecule has 1 amide bonds. The average Bonchev–Trinajstić information content (AvgIpc) is 3.43. The average molecular weight is 530 g/mol. The van der Waals surface area contributed by atoms with Crippen LogP contribution < -0.4 is 10.1 Å². The number of nitrogens with one attached hydrogen (secondary N) is 2. The number of rotatable bonds is 10. The van der Waals surface area contributed by atoms with E-state index in [0.717, 1.165) is 61.3 Å². The summed E-state index contributed by atoms with van der Waals surface area (Å²) >= 11 is 1.37. The number of nitrogens with zero attached hydrogens (tertiary/aromatic N) is 3. The second-order valence-electron chi connectivity index (χ2n) is 9.87. The number of ether oxygens (including phenoxy) is 1. The molecule has 38 heavy (non-hydrogen) atoms. The van der Waals surface area contributed by atoms with Crippen LogP contribution in [0.3, 0.4) is 0 Å². The summed E-state index contributed by atoms with van der Waals surface area (Å²) in [5.41, 5.74) is 5.67. The Bertz CT molecular complexity index is 1370. The Kier molecular flexibility index (Phi) is 8.61. The quantitative estimate of drug-likeness (QED) is 0.214. The summed E-state index contributed by atoms with van der Waals surface area (Å²) in [7, 11) is 1.69. The summed E-state index contributed by atoms with van der Waals surface area (Å²) in [6.07, 6.45) is 8.82. The fraction of sp³-hybridized carbons (Fsp3) is 0.367. The minimum absolute atomic E-state index is 0.0275. The molecule has 2 aromatic carbocycles. The summed E-state index contributed by atoms with van der Waals surface area (Å²) in [6, 6.07) is 14.9. The number of aryl methyl sites for hydroxylation is 1. The number of methoxy groups -OCH3 is 1. The predicted molar refractivity (Wildman–Crippen MR) is 153 cm³/mol. The Morgan fingerprint density at radius 1 is 1.16 bits per heavy atom. The fourth-order valence-corrected chi connectivity index (χ4v) is 5.74. The molecule has 0 saturated carbocycles. The standard InChI is InChI=1S/C30H35N5O2S/c1-3-23-14-25(8-9-28(23)37-2)26-16-33-30(34-17-26)38-20-29(36)32-15-22-5-4-12-35(19-22)18-21-6-7-24-10-11-31-27(24)13-21/h6-11,13-14,16-17,22,31H,3-5,12,15,18-20H2,1-2H3,(H,32,36). The van der Waals surface area contributed by atoms with Crippen molar-refractivity contribution in [2.45, 2.75) is 37.9 Å². The molecule has 1 fully saturated rings. The van der Waals surface area contributed by atoms with Gasteiger partial charge in [0.2, 0.25) is 5.91 Å². The van der Waals surface area contributed by atoms with Crippen LogP contribution in [0.2, 0.25) is 0 Å². The van der Waals surface area contributed by atoms with Crippen molar-refractivity contribution in [3.05, 3.63) is 72.2 Å². The molecule has 0 aliphatic carbocycles. The summed E-state index contributed by atoms with van der Waals surface area (Å²) in [5.74, 6) is 1.71. The van der Waals surface area contributed by atoms with Gasteiger partial charge in [-0.1, -0.05) is 36.9 Å². The van der Waals surface area contributed by atoms with Gasteiger partial charge in [-0.25, -0.2) is 9.97 Å². The SMILES string of the molecule is CCc1cc(-c2cnc(SCC(=O)NCC3CCCN(Cc4ccc5cc[nH]c5c4)C3)nc2)ccc1OC. The van der Waals surface area contributed by atoms with Gasteiger partial charge in [0, 0.05) is 49.3 Å². The second kappa shape index (κ2) is 12.5. The number of hydrogen-bond acceptors (Lipinski definition) is 6. The van der Waals surface area contributed by atoms with Gasteiger partial charge in [-0.3, -0.25) is 9.69 Å². The first-order valence-corrected chi connectivity index (χ1v) is 14.3. The Hall–Kier alpha value is -3.36. The van der Waals surface area contributed by atoms with E-state index in [4.69, 9.17) is 4.74 Å². The molecule has 3 heterocycles. The molecule has 198 valence electrons. The first kappa shape index (κ1) is 26.3. The molecular weight excluding hydrogens is 494 g/mol. The lowest BCUT2D eigenvalue weighted by molar-refractivity contribution is -0.118. The second-order valence-corrected chi connectivity index (χ2v) is 10.8. The van der Waals surface area contributed by atoms with E-state index >= 15 is 0 Å². The monoisotopic (exact) mass is 529 g/mol. The van der Waals surface area contributed by atoms with Gasteiger partial charge in [-0.05, 0) is 78.1 Å².